The highest BCUT2D eigenvalue weighted by Gasteiger charge is 2.16. The lowest BCUT2D eigenvalue weighted by Gasteiger charge is -2.24. The molecule has 49 heavy (non-hydrogen) atoms. The Morgan fingerprint density at radius 3 is 1.67 bits per heavy atom. The van der Waals surface area contributed by atoms with E-state index in [0.717, 1.165) is 53.3 Å². The zero-order valence-electron chi connectivity index (χ0n) is 28.0. The number of nitrogens with zero attached hydrogens (tertiary/aromatic N) is 7. The molecule has 0 bridgehead atoms. The minimum absolute atomic E-state index is 0.281. The Morgan fingerprint density at radius 1 is 0.735 bits per heavy atom. The molecule has 0 radical (unpaired) electrons. The van der Waals surface area contributed by atoms with Crippen LogP contribution in [0.4, 0.5) is 11.6 Å². The molecule has 2 aromatic carbocycles. The monoisotopic (exact) mass is 724 g/mol. The van der Waals surface area contributed by atoms with Gasteiger partial charge >= 0.3 is 0 Å². The molecule has 1 aliphatic rings. The molecule has 4 heterocycles. The van der Waals surface area contributed by atoms with Crippen LogP contribution in [-0.4, -0.2) is 52.0 Å². The molecule has 7 rings (SSSR count). The number of halogens is 1. The van der Waals surface area contributed by atoms with Gasteiger partial charge in [-0.1, -0.05) is 53.0 Å². The largest absolute Gasteiger partial charge is 0.365 e. The van der Waals surface area contributed by atoms with Crippen LogP contribution < -0.4 is 22.1 Å². The highest BCUT2D eigenvalue weighted by atomic mass is 79.9. The van der Waals surface area contributed by atoms with Gasteiger partial charge in [-0.3, -0.25) is 15.1 Å². The predicted molar refractivity (Wildman–Crippen MR) is 199 cm³/mol. The van der Waals surface area contributed by atoms with Crippen molar-refractivity contribution in [3.05, 3.63) is 137 Å². The highest BCUT2D eigenvalue weighted by Crippen LogP contribution is 2.15. The highest BCUT2D eigenvalue weighted by molar-refractivity contribution is 9.10. The lowest BCUT2D eigenvalue weighted by Crippen LogP contribution is -2.43. The van der Waals surface area contributed by atoms with E-state index < -0.39 is 0 Å². The van der Waals surface area contributed by atoms with Crippen LogP contribution in [0.15, 0.2) is 115 Å². The molecule has 0 spiro atoms. The SMILES string of the molecule is Brc1ccc(CNc2cnccn2)cc1.Cc1cn[nH]c1.Cc1cnn(-c2ccc(CNc3cnccn3)cc2)c1.N[C@@H]1CCCC[C@H]1N. The number of nitrogens with one attached hydrogen (secondary N) is 3. The van der Waals surface area contributed by atoms with Crippen LogP contribution >= 0.6 is 15.9 Å². The molecule has 7 N–H and O–H groups in total. The molecule has 0 amide bonds. The second-order valence-electron chi connectivity index (χ2n) is 11.5. The van der Waals surface area contributed by atoms with Crippen molar-refractivity contribution in [3.8, 4) is 5.69 Å². The summed E-state index contributed by atoms with van der Waals surface area (Å²) < 4.78 is 2.96. The van der Waals surface area contributed by atoms with Crippen molar-refractivity contribution in [2.75, 3.05) is 10.6 Å². The fraction of sp³-hybridized carbons (Fsp3) is 0.278. The summed E-state index contributed by atoms with van der Waals surface area (Å²) >= 11 is 3.40. The maximum absolute atomic E-state index is 5.65. The summed E-state index contributed by atoms with van der Waals surface area (Å²) in [5.74, 6) is 1.57. The van der Waals surface area contributed by atoms with Crippen molar-refractivity contribution in [1.29, 1.82) is 0 Å². The van der Waals surface area contributed by atoms with Crippen molar-refractivity contribution in [2.24, 2.45) is 11.5 Å². The van der Waals surface area contributed by atoms with E-state index in [1.165, 1.54) is 29.5 Å². The second kappa shape index (κ2) is 20.4. The van der Waals surface area contributed by atoms with Gasteiger partial charge < -0.3 is 22.1 Å². The third-order valence-corrected chi connectivity index (χ3v) is 7.94. The predicted octanol–water partition coefficient (Wildman–Crippen LogP) is 6.37. The third-order valence-electron chi connectivity index (χ3n) is 7.41. The molecule has 0 unspecified atom stereocenters. The molecule has 256 valence electrons. The Morgan fingerprint density at radius 2 is 1.29 bits per heavy atom. The summed E-state index contributed by atoms with van der Waals surface area (Å²) in [6, 6.07) is 17.0. The molecule has 12 nitrogen and oxygen atoms in total. The van der Waals surface area contributed by atoms with Crippen molar-refractivity contribution >= 4 is 27.6 Å². The normalized spacial score (nSPS) is 14.9. The number of aryl methyl sites for hydroxylation is 2. The van der Waals surface area contributed by atoms with Gasteiger partial charge in [0.1, 0.15) is 11.6 Å². The van der Waals surface area contributed by atoms with E-state index in [9.17, 15) is 0 Å². The van der Waals surface area contributed by atoms with Gasteiger partial charge in [0.25, 0.3) is 0 Å². The molecule has 1 saturated carbocycles. The number of anilines is 2. The van der Waals surface area contributed by atoms with Crippen LogP contribution in [0.5, 0.6) is 0 Å². The zero-order chi connectivity index (χ0) is 34.7. The number of aromatic amines is 1. The van der Waals surface area contributed by atoms with Crippen LogP contribution in [0.3, 0.4) is 0 Å². The minimum atomic E-state index is 0.281. The van der Waals surface area contributed by atoms with Crippen LogP contribution in [0.25, 0.3) is 5.69 Å². The first-order chi connectivity index (χ1) is 23.9. The molecule has 13 heteroatoms. The van der Waals surface area contributed by atoms with Gasteiger partial charge in [-0.25, -0.2) is 14.6 Å². The molecule has 2 atom stereocenters. The van der Waals surface area contributed by atoms with E-state index in [2.05, 4.69) is 98.2 Å². The third kappa shape index (κ3) is 14.0. The van der Waals surface area contributed by atoms with E-state index >= 15 is 0 Å². The second-order valence-corrected chi connectivity index (χ2v) is 12.4. The first kappa shape index (κ1) is 36.8. The molecule has 0 aliphatic heterocycles. The van der Waals surface area contributed by atoms with Crippen LogP contribution in [0, 0.1) is 13.8 Å². The quantitative estimate of drug-likeness (QED) is 0.125. The lowest BCUT2D eigenvalue weighted by molar-refractivity contribution is 0.385. The van der Waals surface area contributed by atoms with E-state index in [1.807, 2.05) is 49.3 Å². The Balaban J connectivity index is 0.000000163. The van der Waals surface area contributed by atoms with Gasteiger partial charge in [0.05, 0.1) is 30.5 Å². The first-order valence-electron chi connectivity index (χ1n) is 16.2. The van der Waals surface area contributed by atoms with E-state index in [-0.39, 0.29) is 12.1 Å². The number of nitrogens with two attached hydrogens (primary N) is 2. The van der Waals surface area contributed by atoms with Crippen molar-refractivity contribution < 1.29 is 0 Å². The first-order valence-corrected chi connectivity index (χ1v) is 17.0. The zero-order valence-corrected chi connectivity index (χ0v) is 29.5. The standard InChI is InChI=1S/C15H15N5.C11H10BrN3.C6H14N2.C4H6N2/c1-12-8-19-20(11-12)14-4-2-13(3-5-14)9-18-15-10-16-6-7-17-15;12-10-3-1-9(2-4-10)7-15-11-8-13-5-6-14-11;7-5-3-1-2-4-6(5)8;1-4-2-5-6-3-4/h2-8,10-11H,9H2,1H3,(H,17,18);1-6,8H,7H2,(H,14,15);5-6H,1-4,7-8H2;2-3H,1H3,(H,5,6)/t;;5-,6-;/m..1./s1. The van der Waals surface area contributed by atoms with Gasteiger partial charge in [-0.2, -0.15) is 10.2 Å². The molecule has 4 aromatic heterocycles. The molecule has 6 aromatic rings. The number of hydrogen-bond acceptors (Lipinski definition) is 10. The molecule has 1 aliphatic carbocycles. The summed E-state index contributed by atoms with van der Waals surface area (Å²) in [4.78, 5) is 16.3. The van der Waals surface area contributed by atoms with Crippen LogP contribution in [-0.2, 0) is 13.1 Å². The average molecular weight is 726 g/mol. The topological polar surface area (TPSA) is 174 Å². The van der Waals surface area contributed by atoms with Crippen molar-refractivity contribution in [2.45, 2.75) is 64.7 Å². The molecular weight excluding hydrogens is 680 g/mol. The summed E-state index contributed by atoms with van der Waals surface area (Å²) in [5, 5.41) is 17.1. The van der Waals surface area contributed by atoms with Crippen molar-refractivity contribution in [3.63, 3.8) is 0 Å². The van der Waals surface area contributed by atoms with Crippen LogP contribution in [0.2, 0.25) is 0 Å². The van der Waals surface area contributed by atoms with Gasteiger partial charge in [0.15, 0.2) is 0 Å². The smallest absolute Gasteiger partial charge is 0.144 e. The summed E-state index contributed by atoms with van der Waals surface area (Å²) in [6.45, 7) is 5.50. The van der Waals surface area contributed by atoms with Crippen molar-refractivity contribution in [1.82, 2.24) is 39.9 Å². The van der Waals surface area contributed by atoms with E-state index in [4.69, 9.17) is 11.5 Å². The summed E-state index contributed by atoms with van der Waals surface area (Å²) in [6.07, 6.45) is 22.4. The number of aromatic nitrogens is 8. The fourth-order valence-corrected chi connectivity index (χ4v) is 4.86. The lowest BCUT2D eigenvalue weighted by atomic mass is 9.92. The maximum atomic E-state index is 5.65. The van der Waals surface area contributed by atoms with Crippen LogP contribution in [0.1, 0.15) is 47.9 Å². The fourth-order valence-electron chi connectivity index (χ4n) is 4.59. The maximum Gasteiger partial charge on any atom is 0.144 e. The number of benzene rings is 2. The Bertz CT molecular complexity index is 1700. The van der Waals surface area contributed by atoms with Gasteiger partial charge in [-0.05, 0) is 73.2 Å². The molecule has 1 fully saturated rings. The van der Waals surface area contributed by atoms with Gasteiger partial charge in [-0.15, -0.1) is 0 Å². The van der Waals surface area contributed by atoms with Gasteiger partial charge in [0, 0.05) is 66.8 Å². The Hall–Kier alpha value is -4.98. The Kier molecular flexibility index (Phi) is 15.3. The van der Waals surface area contributed by atoms with Gasteiger partial charge in [0.2, 0.25) is 0 Å². The molecule has 0 saturated heterocycles. The Labute approximate surface area is 296 Å². The summed E-state index contributed by atoms with van der Waals surface area (Å²) in [5.41, 5.74) is 17.1. The molecular formula is C36H45BrN12. The number of hydrogen-bond donors (Lipinski definition) is 5. The summed E-state index contributed by atoms with van der Waals surface area (Å²) in [7, 11) is 0. The minimum Gasteiger partial charge on any atom is -0.365 e. The van der Waals surface area contributed by atoms with E-state index in [1.54, 1.807) is 43.4 Å². The number of rotatable bonds is 7. The average Bonchev–Trinajstić information content (AvgIpc) is 3.81. The number of H-pyrrole nitrogens is 1. The van der Waals surface area contributed by atoms with E-state index in [0.29, 0.717) is 0 Å².